The third-order valence-corrected chi connectivity index (χ3v) is 5.17. The van der Waals surface area contributed by atoms with Crippen molar-refractivity contribution in [2.45, 2.75) is 26.4 Å². The average molecular weight is 569 g/mol. The summed E-state index contributed by atoms with van der Waals surface area (Å²) in [4.78, 5) is 11.7. The highest BCUT2D eigenvalue weighted by atomic mass is 127. The van der Waals surface area contributed by atoms with Crippen molar-refractivity contribution in [3.8, 4) is 5.75 Å². The molecule has 2 N–H and O–H groups in total. The van der Waals surface area contributed by atoms with Crippen LogP contribution in [-0.4, -0.2) is 64.1 Å². The van der Waals surface area contributed by atoms with Crippen LogP contribution >= 0.6 is 24.0 Å². The van der Waals surface area contributed by atoms with Gasteiger partial charge in [-0.15, -0.1) is 24.0 Å². The lowest BCUT2D eigenvalue weighted by Gasteiger charge is -2.29. The van der Waals surface area contributed by atoms with E-state index in [1.165, 1.54) is 0 Å². The first-order valence-electron chi connectivity index (χ1n) is 11.3. The Bertz CT molecular complexity index is 829. The Balaban J connectivity index is 0.00000385. The van der Waals surface area contributed by atoms with Gasteiger partial charge in [0.15, 0.2) is 5.96 Å². The number of benzene rings is 1. The van der Waals surface area contributed by atoms with Gasteiger partial charge in [-0.25, -0.2) is 9.98 Å². The van der Waals surface area contributed by atoms with Crippen molar-refractivity contribution in [3.05, 3.63) is 53.7 Å². The molecule has 9 heteroatoms. The number of nitrogens with zero attached hydrogens (tertiary/aromatic N) is 3. The molecule has 1 aromatic heterocycles. The Morgan fingerprint density at radius 2 is 1.94 bits per heavy atom. The zero-order chi connectivity index (χ0) is 22.4. The average Bonchev–Trinajstić information content (AvgIpc) is 2.86. The maximum atomic E-state index is 5.49. The highest BCUT2D eigenvalue weighted by Crippen LogP contribution is 2.18. The van der Waals surface area contributed by atoms with Crippen LogP contribution in [0, 0.1) is 0 Å². The fourth-order valence-corrected chi connectivity index (χ4v) is 3.41. The summed E-state index contributed by atoms with van der Waals surface area (Å²) in [6.45, 7) is 8.68. The highest BCUT2D eigenvalue weighted by molar-refractivity contribution is 14.0. The summed E-state index contributed by atoms with van der Waals surface area (Å²) in [6, 6.07) is 12.1. The summed E-state index contributed by atoms with van der Waals surface area (Å²) < 4.78 is 16.2. The second-order valence-corrected chi connectivity index (χ2v) is 7.43. The molecule has 182 valence electrons. The van der Waals surface area contributed by atoms with E-state index in [2.05, 4.69) is 26.6 Å². The summed E-state index contributed by atoms with van der Waals surface area (Å²) in [5.41, 5.74) is 2.26. The van der Waals surface area contributed by atoms with Crippen molar-refractivity contribution in [3.63, 3.8) is 0 Å². The van der Waals surface area contributed by atoms with Gasteiger partial charge in [0.2, 0.25) is 0 Å². The Morgan fingerprint density at radius 3 is 2.67 bits per heavy atom. The Morgan fingerprint density at radius 1 is 1.15 bits per heavy atom. The third-order valence-electron chi connectivity index (χ3n) is 5.17. The Kier molecular flexibility index (Phi) is 12.9. The first-order valence-corrected chi connectivity index (χ1v) is 11.3. The fraction of sp³-hybridized carbons (Fsp3) is 0.500. The number of anilines is 1. The van der Waals surface area contributed by atoms with Crippen LogP contribution in [0.3, 0.4) is 0 Å². The summed E-state index contributed by atoms with van der Waals surface area (Å²) in [5.74, 6) is 2.63. The predicted octanol–water partition coefficient (Wildman–Crippen LogP) is 3.21. The number of methoxy groups -OCH3 is 1. The second-order valence-electron chi connectivity index (χ2n) is 7.43. The van der Waals surface area contributed by atoms with Gasteiger partial charge in [0.1, 0.15) is 11.6 Å². The van der Waals surface area contributed by atoms with E-state index in [1.807, 2.05) is 43.5 Å². The van der Waals surface area contributed by atoms with Crippen LogP contribution < -0.4 is 20.3 Å². The molecule has 0 atom stereocenters. The maximum Gasteiger partial charge on any atom is 0.191 e. The predicted molar refractivity (Wildman–Crippen MR) is 143 cm³/mol. The minimum absolute atomic E-state index is 0. The molecule has 0 unspecified atom stereocenters. The van der Waals surface area contributed by atoms with Crippen molar-refractivity contribution in [1.82, 2.24) is 15.6 Å². The molecule has 3 rings (SSSR count). The number of morpholine rings is 1. The standard InChI is InChI=1S/C24H35N5O3.HI/c1-3-31-15-5-12-26-24(27-18-20-7-9-22(30-2)10-8-20)28-19-21-6-4-11-25-23(21)29-13-16-32-17-14-29;/h4,6-11H,3,5,12-19H2,1-2H3,(H2,26,27,28);1H. The number of nitrogens with one attached hydrogen (secondary N) is 2. The van der Waals surface area contributed by atoms with E-state index in [9.17, 15) is 0 Å². The van der Waals surface area contributed by atoms with Gasteiger partial charge in [-0.05, 0) is 37.1 Å². The molecule has 1 aromatic carbocycles. The van der Waals surface area contributed by atoms with Crippen LogP contribution in [0.2, 0.25) is 0 Å². The van der Waals surface area contributed by atoms with E-state index in [0.717, 1.165) is 81.1 Å². The van der Waals surface area contributed by atoms with Crippen LogP contribution in [0.5, 0.6) is 5.75 Å². The Labute approximate surface area is 214 Å². The van der Waals surface area contributed by atoms with Gasteiger partial charge in [0.25, 0.3) is 0 Å². The Hall–Kier alpha value is -2.11. The molecule has 0 radical (unpaired) electrons. The van der Waals surface area contributed by atoms with Gasteiger partial charge in [-0.2, -0.15) is 0 Å². The largest absolute Gasteiger partial charge is 0.497 e. The van der Waals surface area contributed by atoms with Crippen molar-refractivity contribution in [1.29, 1.82) is 0 Å². The summed E-state index contributed by atoms with van der Waals surface area (Å²) in [6.07, 6.45) is 2.77. The number of hydrogen-bond acceptors (Lipinski definition) is 6. The summed E-state index contributed by atoms with van der Waals surface area (Å²) >= 11 is 0. The third kappa shape index (κ3) is 9.34. The van der Waals surface area contributed by atoms with Crippen molar-refractivity contribution in [2.75, 3.05) is 58.1 Å². The number of pyridine rings is 1. The van der Waals surface area contributed by atoms with Crippen LogP contribution in [0.4, 0.5) is 5.82 Å². The second kappa shape index (κ2) is 15.7. The maximum absolute atomic E-state index is 5.49. The lowest BCUT2D eigenvalue weighted by molar-refractivity contribution is 0.122. The van der Waals surface area contributed by atoms with E-state index >= 15 is 0 Å². The number of aromatic nitrogens is 1. The van der Waals surface area contributed by atoms with Crippen LogP contribution in [0.1, 0.15) is 24.5 Å². The minimum atomic E-state index is 0. The minimum Gasteiger partial charge on any atom is -0.497 e. The molecular formula is C24H36IN5O3. The lowest BCUT2D eigenvalue weighted by Crippen LogP contribution is -2.40. The van der Waals surface area contributed by atoms with Gasteiger partial charge in [0.05, 0.1) is 26.9 Å². The van der Waals surface area contributed by atoms with Crippen molar-refractivity contribution >= 4 is 35.8 Å². The number of ether oxygens (including phenoxy) is 3. The molecule has 1 saturated heterocycles. The van der Waals surface area contributed by atoms with E-state index in [-0.39, 0.29) is 24.0 Å². The monoisotopic (exact) mass is 569 g/mol. The van der Waals surface area contributed by atoms with E-state index in [0.29, 0.717) is 13.1 Å². The van der Waals surface area contributed by atoms with Crippen LogP contribution in [0.15, 0.2) is 47.6 Å². The molecule has 0 aliphatic carbocycles. The first-order chi connectivity index (χ1) is 15.8. The summed E-state index contributed by atoms with van der Waals surface area (Å²) in [7, 11) is 1.67. The highest BCUT2D eigenvalue weighted by Gasteiger charge is 2.16. The zero-order valence-corrected chi connectivity index (χ0v) is 21.9. The molecule has 1 aliphatic rings. The molecule has 1 aliphatic heterocycles. The smallest absolute Gasteiger partial charge is 0.191 e. The number of rotatable bonds is 11. The molecule has 0 bridgehead atoms. The molecule has 2 aromatic rings. The number of aliphatic imine (C=N–C) groups is 1. The number of guanidine groups is 1. The summed E-state index contributed by atoms with van der Waals surface area (Å²) in [5, 5.41) is 6.90. The van der Waals surface area contributed by atoms with Gasteiger partial charge in [-0.3, -0.25) is 0 Å². The number of hydrogen-bond donors (Lipinski definition) is 2. The molecule has 0 saturated carbocycles. The topological polar surface area (TPSA) is 80.2 Å². The molecule has 33 heavy (non-hydrogen) atoms. The molecule has 1 fully saturated rings. The van der Waals surface area contributed by atoms with Crippen LogP contribution in [0.25, 0.3) is 0 Å². The molecule has 2 heterocycles. The molecule has 0 spiro atoms. The lowest BCUT2D eigenvalue weighted by atomic mass is 10.2. The van der Waals surface area contributed by atoms with E-state index in [4.69, 9.17) is 19.2 Å². The van der Waals surface area contributed by atoms with Crippen LogP contribution in [-0.2, 0) is 22.6 Å². The van der Waals surface area contributed by atoms with Gasteiger partial charge < -0.3 is 29.7 Å². The van der Waals surface area contributed by atoms with Gasteiger partial charge in [0, 0.05) is 51.2 Å². The van der Waals surface area contributed by atoms with E-state index < -0.39 is 0 Å². The first kappa shape index (κ1) is 27.1. The SMILES string of the molecule is CCOCCCNC(=NCc1ccc(OC)cc1)NCc1cccnc1N1CCOCC1.I. The quantitative estimate of drug-likeness (QED) is 0.186. The molecular weight excluding hydrogens is 533 g/mol. The molecule has 0 amide bonds. The van der Waals surface area contributed by atoms with Gasteiger partial charge >= 0.3 is 0 Å². The molecule has 8 nitrogen and oxygen atoms in total. The normalized spacial score (nSPS) is 13.9. The zero-order valence-electron chi connectivity index (χ0n) is 19.6. The van der Waals surface area contributed by atoms with Gasteiger partial charge in [-0.1, -0.05) is 18.2 Å². The van der Waals surface area contributed by atoms with Crippen molar-refractivity contribution in [2.24, 2.45) is 4.99 Å². The number of halogens is 1. The fourth-order valence-electron chi connectivity index (χ4n) is 3.41. The van der Waals surface area contributed by atoms with Crippen molar-refractivity contribution < 1.29 is 14.2 Å². The van der Waals surface area contributed by atoms with E-state index in [1.54, 1.807) is 7.11 Å².